The molecule has 1 aliphatic heterocycles. The zero-order chi connectivity index (χ0) is 9.84. The average Bonchev–Trinajstić information content (AvgIpc) is 2.16. The smallest absolute Gasteiger partial charge is 0.0362 e. The number of allylic oxidation sites excluding steroid dienone is 4. The van der Waals surface area contributed by atoms with E-state index in [1.165, 1.54) is 11.3 Å². The van der Waals surface area contributed by atoms with Gasteiger partial charge in [-0.1, -0.05) is 26.0 Å². The van der Waals surface area contributed by atoms with Crippen molar-refractivity contribution in [3.8, 4) is 0 Å². The minimum absolute atomic E-state index is 0.615. The summed E-state index contributed by atoms with van der Waals surface area (Å²) in [7, 11) is 0. The molecule has 0 aromatic heterocycles. The van der Waals surface area contributed by atoms with E-state index in [9.17, 15) is 0 Å². The van der Waals surface area contributed by atoms with Gasteiger partial charge in [-0.2, -0.15) is 0 Å². The first-order chi connectivity index (χ1) is 6.19. The molecule has 1 rings (SSSR count). The number of likely N-dealkylation sites (N-methyl/N-ethyl adjacent to an activating group) is 1. The second kappa shape index (κ2) is 4.31. The zero-order valence-corrected chi connectivity index (χ0v) is 9.04. The predicted octanol–water partition coefficient (Wildman–Crippen LogP) is 3.32. The molecule has 0 fully saturated rings. The highest BCUT2D eigenvalue weighted by molar-refractivity contribution is 5.34. The van der Waals surface area contributed by atoms with Gasteiger partial charge in [-0.15, -0.1) is 0 Å². The van der Waals surface area contributed by atoms with Crippen LogP contribution in [-0.2, 0) is 0 Å². The van der Waals surface area contributed by atoms with Gasteiger partial charge < -0.3 is 4.90 Å². The Hall–Kier alpha value is -0.980. The van der Waals surface area contributed by atoms with E-state index in [2.05, 4.69) is 57.0 Å². The van der Waals surface area contributed by atoms with Gasteiger partial charge in [0, 0.05) is 18.4 Å². The van der Waals surface area contributed by atoms with Crippen molar-refractivity contribution in [2.24, 2.45) is 5.92 Å². The van der Waals surface area contributed by atoms with Crippen LogP contribution in [0.15, 0.2) is 35.7 Å². The van der Waals surface area contributed by atoms with Gasteiger partial charge in [-0.05, 0) is 31.4 Å². The van der Waals surface area contributed by atoms with Crippen molar-refractivity contribution in [2.45, 2.75) is 27.7 Å². The Morgan fingerprint density at radius 1 is 1.38 bits per heavy atom. The minimum Gasteiger partial charge on any atom is -0.348 e. The van der Waals surface area contributed by atoms with Crippen LogP contribution in [-0.4, -0.2) is 11.4 Å². The van der Waals surface area contributed by atoms with Crippen LogP contribution in [0, 0.1) is 5.92 Å². The summed E-state index contributed by atoms with van der Waals surface area (Å²) in [6, 6.07) is 0. The van der Waals surface area contributed by atoms with Crippen molar-refractivity contribution in [1.29, 1.82) is 0 Å². The van der Waals surface area contributed by atoms with Gasteiger partial charge >= 0.3 is 0 Å². The van der Waals surface area contributed by atoms with Gasteiger partial charge in [-0.3, -0.25) is 0 Å². The maximum atomic E-state index is 2.29. The summed E-state index contributed by atoms with van der Waals surface area (Å²) < 4.78 is 0. The lowest BCUT2D eigenvalue weighted by molar-refractivity contribution is 0.490. The van der Waals surface area contributed by atoms with Gasteiger partial charge in [-0.25, -0.2) is 0 Å². The standard InChI is InChI=1S/C12H19N/c1-5-12-8-7-11(10(3)4)9-13(12)6-2/h5,7-10H,6H2,1-4H3/b12-5-. The zero-order valence-electron chi connectivity index (χ0n) is 9.04. The van der Waals surface area contributed by atoms with Gasteiger partial charge in [0.2, 0.25) is 0 Å². The van der Waals surface area contributed by atoms with Crippen LogP contribution in [0.25, 0.3) is 0 Å². The van der Waals surface area contributed by atoms with Crippen molar-refractivity contribution in [1.82, 2.24) is 4.90 Å². The Labute approximate surface area is 81.4 Å². The lowest BCUT2D eigenvalue weighted by Crippen LogP contribution is -2.18. The molecule has 0 saturated carbocycles. The SMILES string of the molecule is C/C=C1/C=CC(C(C)C)=CN1CC. The van der Waals surface area contributed by atoms with E-state index < -0.39 is 0 Å². The monoisotopic (exact) mass is 177 g/mol. The van der Waals surface area contributed by atoms with Crippen LogP contribution in [0.1, 0.15) is 27.7 Å². The van der Waals surface area contributed by atoms with Crippen molar-refractivity contribution in [3.63, 3.8) is 0 Å². The molecule has 0 saturated heterocycles. The molecule has 0 unspecified atom stereocenters. The molecule has 0 radical (unpaired) electrons. The van der Waals surface area contributed by atoms with Gasteiger partial charge in [0.1, 0.15) is 0 Å². The van der Waals surface area contributed by atoms with Crippen LogP contribution in [0.4, 0.5) is 0 Å². The molecule has 0 bridgehead atoms. The fraction of sp³-hybridized carbons (Fsp3) is 0.500. The molecule has 0 N–H and O–H groups in total. The Morgan fingerprint density at radius 3 is 2.54 bits per heavy atom. The molecule has 1 heteroatoms. The molecule has 72 valence electrons. The van der Waals surface area contributed by atoms with Gasteiger partial charge in [0.05, 0.1) is 0 Å². The van der Waals surface area contributed by atoms with Crippen LogP contribution in [0.2, 0.25) is 0 Å². The number of hydrogen-bond acceptors (Lipinski definition) is 1. The average molecular weight is 177 g/mol. The first-order valence-corrected chi connectivity index (χ1v) is 5.01. The normalized spacial score (nSPS) is 19.9. The van der Waals surface area contributed by atoms with E-state index >= 15 is 0 Å². The third-order valence-corrected chi connectivity index (χ3v) is 2.39. The van der Waals surface area contributed by atoms with Crippen LogP contribution >= 0.6 is 0 Å². The molecule has 0 spiro atoms. The van der Waals surface area contributed by atoms with Crippen molar-refractivity contribution in [2.75, 3.05) is 6.54 Å². The first-order valence-electron chi connectivity index (χ1n) is 5.01. The number of nitrogens with zero attached hydrogens (tertiary/aromatic N) is 1. The molecular formula is C12H19N. The maximum absolute atomic E-state index is 2.29. The van der Waals surface area contributed by atoms with Crippen LogP contribution in [0.5, 0.6) is 0 Å². The molecule has 1 heterocycles. The summed E-state index contributed by atoms with van der Waals surface area (Å²) in [6.07, 6.45) is 8.80. The molecule has 0 atom stereocenters. The van der Waals surface area contributed by atoms with Crippen LogP contribution < -0.4 is 0 Å². The van der Waals surface area contributed by atoms with Gasteiger partial charge in [0.25, 0.3) is 0 Å². The summed E-state index contributed by atoms with van der Waals surface area (Å²) >= 11 is 0. The maximum Gasteiger partial charge on any atom is 0.0362 e. The third kappa shape index (κ3) is 2.24. The largest absolute Gasteiger partial charge is 0.348 e. The van der Waals surface area contributed by atoms with Crippen molar-refractivity contribution >= 4 is 0 Å². The van der Waals surface area contributed by atoms with E-state index in [1.807, 2.05) is 0 Å². The molecule has 13 heavy (non-hydrogen) atoms. The first kappa shape index (κ1) is 10.1. The van der Waals surface area contributed by atoms with Crippen molar-refractivity contribution < 1.29 is 0 Å². The topological polar surface area (TPSA) is 3.24 Å². The van der Waals surface area contributed by atoms with E-state index in [0.717, 1.165) is 6.54 Å². The van der Waals surface area contributed by atoms with Gasteiger partial charge in [0.15, 0.2) is 0 Å². The fourth-order valence-corrected chi connectivity index (χ4v) is 1.45. The minimum atomic E-state index is 0.615. The highest BCUT2D eigenvalue weighted by Gasteiger charge is 2.09. The Morgan fingerprint density at radius 2 is 2.08 bits per heavy atom. The highest BCUT2D eigenvalue weighted by Crippen LogP contribution is 2.21. The van der Waals surface area contributed by atoms with E-state index in [4.69, 9.17) is 0 Å². The molecule has 1 nitrogen and oxygen atoms in total. The molecule has 0 aromatic rings. The summed E-state index contributed by atoms with van der Waals surface area (Å²) in [6.45, 7) is 9.75. The Bertz CT molecular complexity index is 256. The van der Waals surface area contributed by atoms with Crippen LogP contribution in [0.3, 0.4) is 0 Å². The fourth-order valence-electron chi connectivity index (χ4n) is 1.45. The van der Waals surface area contributed by atoms with E-state index in [0.29, 0.717) is 5.92 Å². The lowest BCUT2D eigenvalue weighted by Gasteiger charge is -2.25. The molecule has 0 amide bonds. The second-order valence-electron chi connectivity index (χ2n) is 3.62. The molecular weight excluding hydrogens is 158 g/mol. The van der Waals surface area contributed by atoms with E-state index in [-0.39, 0.29) is 0 Å². The number of rotatable bonds is 2. The quantitative estimate of drug-likeness (QED) is 0.625. The number of hydrogen-bond donors (Lipinski definition) is 0. The Kier molecular flexibility index (Phi) is 3.35. The molecule has 1 aliphatic rings. The van der Waals surface area contributed by atoms with Crippen molar-refractivity contribution in [3.05, 3.63) is 35.7 Å². The Balaban J connectivity index is 2.86. The van der Waals surface area contributed by atoms with E-state index in [1.54, 1.807) is 0 Å². The molecule has 0 aromatic carbocycles. The second-order valence-corrected chi connectivity index (χ2v) is 3.62. The molecule has 0 aliphatic carbocycles. The predicted molar refractivity (Wildman–Crippen MR) is 58.2 cm³/mol. The third-order valence-electron chi connectivity index (χ3n) is 2.39. The lowest BCUT2D eigenvalue weighted by atomic mass is 10.0. The summed E-state index contributed by atoms with van der Waals surface area (Å²) in [5, 5.41) is 0. The highest BCUT2D eigenvalue weighted by atomic mass is 15.1. The summed E-state index contributed by atoms with van der Waals surface area (Å²) in [5.74, 6) is 0.615. The summed E-state index contributed by atoms with van der Waals surface area (Å²) in [5.41, 5.74) is 2.71. The summed E-state index contributed by atoms with van der Waals surface area (Å²) in [4.78, 5) is 2.29.